The number of carbonyl (C=O) groups excluding carboxylic acids is 1. The number of aromatic nitrogens is 1. The fourth-order valence-electron chi connectivity index (χ4n) is 3.17. The van der Waals surface area contributed by atoms with Crippen LogP contribution in [0.4, 0.5) is 0 Å². The van der Waals surface area contributed by atoms with Gasteiger partial charge in [0.15, 0.2) is 0 Å². The molecule has 1 amide bonds. The quantitative estimate of drug-likeness (QED) is 0.909. The molecule has 25 heavy (non-hydrogen) atoms. The zero-order chi connectivity index (χ0) is 17.6. The number of aryl methyl sites for hydroxylation is 2. The van der Waals surface area contributed by atoms with Gasteiger partial charge in [0.2, 0.25) is 5.91 Å². The first-order valence-electron chi connectivity index (χ1n) is 8.71. The third kappa shape index (κ3) is 4.44. The van der Waals surface area contributed by atoms with Crippen molar-refractivity contribution in [1.29, 1.82) is 0 Å². The van der Waals surface area contributed by atoms with Crippen LogP contribution >= 0.6 is 0 Å². The Kier molecular flexibility index (Phi) is 5.79. The predicted molar refractivity (Wildman–Crippen MR) is 97.1 cm³/mol. The Morgan fingerprint density at radius 2 is 2.08 bits per heavy atom. The Morgan fingerprint density at radius 1 is 1.28 bits per heavy atom. The fourth-order valence-corrected chi connectivity index (χ4v) is 3.17. The first-order valence-corrected chi connectivity index (χ1v) is 8.71. The van der Waals surface area contributed by atoms with Gasteiger partial charge in [-0.05, 0) is 36.6 Å². The summed E-state index contributed by atoms with van der Waals surface area (Å²) in [7, 11) is 0. The molecule has 0 bridgehead atoms. The summed E-state index contributed by atoms with van der Waals surface area (Å²) in [6, 6.07) is 9.82. The van der Waals surface area contributed by atoms with Crippen LogP contribution in [0.25, 0.3) is 0 Å². The third-order valence-corrected chi connectivity index (χ3v) is 4.62. The minimum Gasteiger partial charge on any atom is -0.379 e. The minimum absolute atomic E-state index is 0.0100. The van der Waals surface area contributed by atoms with Crippen molar-refractivity contribution in [3.63, 3.8) is 0 Å². The molecule has 5 heteroatoms. The second-order valence-corrected chi connectivity index (χ2v) is 6.48. The van der Waals surface area contributed by atoms with Crippen LogP contribution in [-0.2, 0) is 16.1 Å². The summed E-state index contributed by atoms with van der Waals surface area (Å²) in [6.07, 6.45) is 3.51. The Morgan fingerprint density at radius 3 is 2.80 bits per heavy atom. The second kappa shape index (κ2) is 8.23. The number of benzene rings is 1. The standard InChI is InChI=1S/C20H25N3O2/c1-15-5-6-16(2)18(12-15)14-22-20(24)19(17-4-3-7-21-13-17)23-8-10-25-11-9-23/h3-7,12-13,19H,8-11,14H2,1-2H3,(H,22,24)/t19-/m1/s1. The van der Waals surface area contributed by atoms with Gasteiger partial charge in [0.05, 0.1) is 13.2 Å². The van der Waals surface area contributed by atoms with E-state index >= 15 is 0 Å². The molecule has 2 heterocycles. The van der Waals surface area contributed by atoms with Gasteiger partial charge in [0.25, 0.3) is 0 Å². The van der Waals surface area contributed by atoms with E-state index in [9.17, 15) is 4.79 Å². The lowest BCUT2D eigenvalue weighted by Crippen LogP contribution is -2.45. The molecule has 0 aliphatic carbocycles. The number of nitrogens with one attached hydrogen (secondary N) is 1. The number of pyridine rings is 1. The van der Waals surface area contributed by atoms with Crippen molar-refractivity contribution < 1.29 is 9.53 Å². The van der Waals surface area contributed by atoms with E-state index in [2.05, 4.69) is 47.2 Å². The molecule has 1 aromatic heterocycles. The number of amides is 1. The molecule has 132 valence electrons. The van der Waals surface area contributed by atoms with Gasteiger partial charge in [0.1, 0.15) is 6.04 Å². The van der Waals surface area contributed by atoms with Crippen LogP contribution in [-0.4, -0.2) is 42.1 Å². The summed E-state index contributed by atoms with van der Waals surface area (Å²) < 4.78 is 5.43. The van der Waals surface area contributed by atoms with Gasteiger partial charge in [-0.15, -0.1) is 0 Å². The maximum absolute atomic E-state index is 13.0. The summed E-state index contributed by atoms with van der Waals surface area (Å²) in [6.45, 7) is 7.47. The van der Waals surface area contributed by atoms with Crippen LogP contribution in [0.3, 0.4) is 0 Å². The average molecular weight is 339 g/mol. The van der Waals surface area contributed by atoms with Gasteiger partial charge < -0.3 is 10.1 Å². The molecule has 1 saturated heterocycles. The van der Waals surface area contributed by atoms with Crippen LogP contribution in [0.15, 0.2) is 42.7 Å². The van der Waals surface area contributed by atoms with Crippen molar-refractivity contribution in [2.45, 2.75) is 26.4 Å². The zero-order valence-electron chi connectivity index (χ0n) is 14.9. The predicted octanol–water partition coefficient (Wildman–Crippen LogP) is 2.39. The van der Waals surface area contributed by atoms with Crippen LogP contribution in [0.2, 0.25) is 0 Å². The molecule has 1 atom stereocenters. The van der Waals surface area contributed by atoms with E-state index in [1.54, 1.807) is 12.4 Å². The number of rotatable bonds is 5. The molecule has 0 spiro atoms. The number of ether oxygens (including phenoxy) is 1. The van der Waals surface area contributed by atoms with Crippen molar-refractivity contribution in [2.24, 2.45) is 0 Å². The molecule has 1 aliphatic heterocycles. The highest BCUT2D eigenvalue weighted by molar-refractivity contribution is 5.83. The highest BCUT2D eigenvalue weighted by Gasteiger charge is 2.29. The zero-order valence-corrected chi connectivity index (χ0v) is 14.9. The molecule has 5 nitrogen and oxygen atoms in total. The van der Waals surface area contributed by atoms with Crippen LogP contribution < -0.4 is 5.32 Å². The summed E-state index contributed by atoms with van der Waals surface area (Å²) in [5.41, 5.74) is 4.46. The lowest BCUT2D eigenvalue weighted by molar-refractivity contribution is -0.128. The molecule has 0 unspecified atom stereocenters. The summed E-state index contributed by atoms with van der Waals surface area (Å²) >= 11 is 0. The molecule has 0 saturated carbocycles. The lowest BCUT2D eigenvalue weighted by atomic mass is 10.0. The Hall–Kier alpha value is -2.24. The van der Waals surface area contributed by atoms with Gasteiger partial charge in [-0.2, -0.15) is 0 Å². The van der Waals surface area contributed by atoms with Gasteiger partial charge in [-0.3, -0.25) is 14.7 Å². The maximum Gasteiger partial charge on any atom is 0.242 e. The Bertz CT molecular complexity index is 712. The van der Waals surface area contributed by atoms with E-state index in [1.807, 2.05) is 12.1 Å². The van der Waals surface area contributed by atoms with E-state index in [0.717, 1.165) is 24.2 Å². The first kappa shape index (κ1) is 17.6. The van der Waals surface area contributed by atoms with Crippen LogP contribution in [0.5, 0.6) is 0 Å². The number of nitrogens with zero attached hydrogens (tertiary/aromatic N) is 2. The van der Waals surface area contributed by atoms with Gasteiger partial charge in [-0.25, -0.2) is 0 Å². The molecular weight excluding hydrogens is 314 g/mol. The van der Waals surface area contributed by atoms with Crippen molar-refractivity contribution >= 4 is 5.91 Å². The molecule has 0 radical (unpaired) electrons. The second-order valence-electron chi connectivity index (χ2n) is 6.48. The van der Waals surface area contributed by atoms with Gasteiger partial charge in [-0.1, -0.05) is 29.8 Å². The topological polar surface area (TPSA) is 54.5 Å². The molecule has 1 N–H and O–H groups in total. The minimum atomic E-state index is -0.331. The van der Waals surface area contributed by atoms with E-state index < -0.39 is 0 Å². The number of morpholine rings is 1. The lowest BCUT2D eigenvalue weighted by Gasteiger charge is -2.33. The monoisotopic (exact) mass is 339 g/mol. The van der Waals surface area contributed by atoms with E-state index in [0.29, 0.717) is 19.8 Å². The summed E-state index contributed by atoms with van der Waals surface area (Å²) in [4.78, 5) is 19.3. The van der Waals surface area contributed by atoms with Crippen molar-refractivity contribution in [1.82, 2.24) is 15.2 Å². The van der Waals surface area contributed by atoms with Crippen LogP contribution in [0.1, 0.15) is 28.3 Å². The summed E-state index contributed by atoms with van der Waals surface area (Å²) in [5, 5.41) is 3.11. The highest BCUT2D eigenvalue weighted by Crippen LogP contribution is 2.22. The van der Waals surface area contributed by atoms with Gasteiger partial charge in [0, 0.05) is 32.0 Å². The fraction of sp³-hybridized carbons (Fsp3) is 0.400. The summed E-state index contributed by atoms with van der Waals surface area (Å²) in [5.74, 6) is 0.0100. The largest absolute Gasteiger partial charge is 0.379 e. The van der Waals surface area contributed by atoms with Crippen molar-refractivity contribution in [2.75, 3.05) is 26.3 Å². The smallest absolute Gasteiger partial charge is 0.242 e. The van der Waals surface area contributed by atoms with Crippen LogP contribution in [0, 0.1) is 13.8 Å². The molecule has 1 fully saturated rings. The van der Waals surface area contributed by atoms with Crippen molar-refractivity contribution in [3.8, 4) is 0 Å². The SMILES string of the molecule is Cc1ccc(C)c(CNC(=O)[C@@H](c2cccnc2)N2CCOCC2)c1. The number of hydrogen-bond donors (Lipinski definition) is 1. The van der Waals surface area contributed by atoms with E-state index in [-0.39, 0.29) is 11.9 Å². The average Bonchev–Trinajstić information content (AvgIpc) is 2.64. The Labute approximate surface area is 149 Å². The van der Waals surface area contributed by atoms with Crippen molar-refractivity contribution in [3.05, 3.63) is 65.0 Å². The highest BCUT2D eigenvalue weighted by atomic mass is 16.5. The maximum atomic E-state index is 13.0. The molecule has 3 rings (SSSR count). The molecule has 2 aromatic rings. The molecule has 1 aromatic carbocycles. The number of hydrogen-bond acceptors (Lipinski definition) is 4. The first-order chi connectivity index (χ1) is 12.1. The van der Waals surface area contributed by atoms with Gasteiger partial charge >= 0.3 is 0 Å². The Balaban J connectivity index is 1.76. The number of carbonyl (C=O) groups is 1. The molecular formula is C20H25N3O2. The molecule has 1 aliphatic rings. The van der Waals surface area contributed by atoms with E-state index in [4.69, 9.17) is 4.74 Å². The van der Waals surface area contributed by atoms with E-state index in [1.165, 1.54) is 11.1 Å². The third-order valence-electron chi connectivity index (χ3n) is 4.62. The normalized spacial score (nSPS) is 16.4.